The van der Waals surface area contributed by atoms with E-state index in [0.717, 1.165) is 29.7 Å². The standard InChI is InChI=1S/C17H22N2O3/c1-4-13(5-2)15-9-16(22-19-15)17(21)18-14-8-12(10-20)7-6-11(14)3/h6-9,13,20H,4-5,10H2,1-3H3,(H,18,21). The second-order valence-corrected chi connectivity index (χ2v) is 5.39. The predicted molar refractivity (Wildman–Crippen MR) is 84.9 cm³/mol. The Bertz CT molecular complexity index is 645. The van der Waals surface area contributed by atoms with Crippen LogP contribution in [0.15, 0.2) is 28.8 Å². The van der Waals surface area contributed by atoms with Crippen LogP contribution >= 0.6 is 0 Å². The lowest BCUT2D eigenvalue weighted by Crippen LogP contribution is -2.12. The summed E-state index contributed by atoms with van der Waals surface area (Å²) in [4.78, 5) is 12.3. The first-order chi connectivity index (χ1) is 10.6. The second-order valence-electron chi connectivity index (χ2n) is 5.39. The van der Waals surface area contributed by atoms with Crippen LogP contribution in [0.1, 0.15) is 60.0 Å². The van der Waals surface area contributed by atoms with Gasteiger partial charge in [-0.2, -0.15) is 0 Å². The van der Waals surface area contributed by atoms with Crippen LogP contribution in [0.2, 0.25) is 0 Å². The minimum Gasteiger partial charge on any atom is -0.392 e. The molecule has 0 aliphatic heterocycles. The molecule has 2 aromatic rings. The molecule has 0 radical (unpaired) electrons. The molecule has 1 aromatic heterocycles. The van der Waals surface area contributed by atoms with Crippen molar-refractivity contribution in [3.8, 4) is 0 Å². The fourth-order valence-electron chi connectivity index (χ4n) is 2.38. The third-order valence-corrected chi connectivity index (χ3v) is 3.89. The number of aromatic nitrogens is 1. The van der Waals surface area contributed by atoms with Crippen molar-refractivity contribution >= 4 is 11.6 Å². The highest BCUT2D eigenvalue weighted by molar-refractivity contribution is 6.02. The highest BCUT2D eigenvalue weighted by atomic mass is 16.5. The molecule has 2 N–H and O–H groups in total. The molecule has 22 heavy (non-hydrogen) atoms. The summed E-state index contributed by atoms with van der Waals surface area (Å²) < 4.78 is 5.17. The van der Waals surface area contributed by atoms with Gasteiger partial charge in [-0.25, -0.2) is 0 Å². The van der Waals surface area contributed by atoms with Gasteiger partial charge in [-0.15, -0.1) is 0 Å². The highest BCUT2D eigenvalue weighted by Crippen LogP contribution is 2.23. The summed E-state index contributed by atoms with van der Waals surface area (Å²) in [6.45, 7) is 6.01. The average Bonchev–Trinajstić information content (AvgIpc) is 3.00. The molecule has 1 amide bonds. The van der Waals surface area contributed by atoms with Gasteiger partial charge < -0.3 is 14.9 Å². The number of rotatable bonds is 6. The molecule has 1 heterocycles. The molecule has 0 aliphatic carbocycles. The number of carbonyl (C=O) groups excluding carboxylic acids is 1. The maximum atomic E-state index is 12.3. The number of hydrogen-bond donors (Lipinski definition) is 2. The molecule has 0 aliphatic rings. The van der Waals surface area contributed by atoms with Gasteiger partial charge in [0, 0.05) is 17.7 Å². The smallest absolute Gasteiger partial charge is 0.294 e. The van der Waals surface area contributed by atoms with E-state index in [2.05, 4.69) is 24.3 Å². The van der Waals surface area contributed by atoms with E-state index < -0.39 is 0 Å². The molecule has 5 nitrogen and oxygen atoms in total. The lowest BCUT2D eigenvalue weighted by atomic mass is 9.99. The third kappa shape index (κ3) is 3.54. The lowest BCUT2D eigenvalue weighted by molar-refractivity contribution is 0.0987. The molecular formula is C17H22N2O3. The zero-order valence-corrected chi connectivity index (χ0v) is 13.2. The Labute approximate surface area is 130 Å². The van der Waals surface area contributed by atoms with Crippen LogP contribution < -0.4 is 5.32 Å². The van der Waals surface area contributed by atoms with Crippen LogP contribution in [0.3, 0.4) is 0 Å². The zero-order chi connectivity index (χ0) is 16.1. The van der Waals surface area contributed by atoms with E-state index in [-0.39, 0.29) is 18.3 Å². The Morgan fingerprint density at radius 1 is 1.32 bits per heavy atom. The highest BCUT2D eigenvalue weighted by Gasteiger charge is 2.18. The SMILES string of the molecule is CCC(CC)c1cc(C(=O)Nc2cc(CO)ccc2C)on1. The summed E-state index contributed by atoms with van der Waals surface area (Å²) in [6.07, 6.45) is 1.92. The molecule has 5 heteroatoms. The van der Waals surface area contributed by atoms with E-state index in [4.69, 9.17) is 4.52 Å². The van der Waals surface area contributed by atoms with Crippen molar-refractivity contribution in [3.63, 3.8) is 0 Å². The van der Waals surface area contributed by atoms with E-state index in [1.807, 2.05) is 19.1 Å². The predicted octanol–water partition coefficient (Wildman–Crippen LogP) is 3.63. The van der Waals surface area contributed by atoms with Crippen LogP contribution in [0, 0.1) is 6.92 Å². The first-order valence-electron chi connectivity index (χ1n) is 7.57. The first-order valence-corrected chi connectivity index (χ1v) is 7.57. The molecule has 2 rings (SSSR count). The summed E-state index contributed by atoms with van der Waals surface area (Å²) >= 11 is 0. The number of aliphatic hydroxyl groups excluding tert-OH is 1. The van der Waals surface area contributed by atoms with Gasteiger partial charge in [0.1, 0.15) is 0 Å². The Balaban J connectivity index is 2.16. The third-order valence-electron chi connectivity index (χ3n) is 3.89. The fourth-order valence-corrected chi connectivity index (χ4v) is 2.38. The van der Waals surface area contributed by atoms with Gasteiger partial charge in [-0.05, 0) is 37.0 Å². The summed E-state index contributed by atoms with van der Waals surface area (Å²) in [7, 11) is 0. The van der Waals surface area contributed by atoms with E-state index in [1.165, 1.54) is 0 Å². The normalized spacial score (nSPS) is 11.0. The summed E-state index contributed by atoms with van der Waals surface area (Å²) in [5.74, 6) is 0.184. The number of nitrogens with one attached hydrogen (secondary N) is 1. The van der Waals surface area contributed by atoms with Crippen molar-refractivity contribution in [3.05, 3.63) is 46.8 Å². The van der Waals surface area contributed by atoms with Crippen LogP contribution in [0.4, 0.5) is 5.69 Å². The monoisotopic (exact) mass is 302 g/mol. The quantitative estimate of drug-likeness (QED) is 0.854. The van der Waals surface area contributed by atoms with Crippen molar-refractivity contribution in [1.29, 1.82) is 0 Å². The summed E-state index contributed by atoms with van der Waals surface area (Å²) in [5, 5.41) is 16.0. The summed E-state index contributed by atoms with van der Waals surface area (Å²) in [5.41, 5.74) is 3.15. The number of carbonyl (C=O) groups is 1. The van der Waals surface area contributed by atoms with Gasteiger partial charge in [-0.3, -0.25) is 4.79 Å². The lowest BCUT2D eigenvalue weighted by Gasteiger charge is -2.08. The van der Waals surface area contributed by atoms with Gasteiger partial charge in [0.25, 0.3) is 5.91 Å². The van der Waals surface area contributed by atoms with Crippen LogP contribution in [0.5, 0.6) is 0 Å². The van der Waals surface area contributed by atoms with E-state index in [9.17, 15) is 9.90 Å². The maximum absolute atomic E-state index is 12.3. The fraction of sp³-hybridized carbons (Fsp3) is 0.412. The maximum Gasteiger partial charge on any atom is 0.294 e. The molecule has 0 saturated carbocycles. The van der Waals surface area contributed by atoms with Gasteiger partial charge in [0.15, 0.2) is 0 Å². The number of aliphatic hydroxyl groups is 1. The van der Waals surface area contributed by atoms with Crippen molar-refractivity contribution in [2.45, 2.75) is 46.1 Å². The number of nitrogens with zero attached hydrogens (tertiary/aromatic N) is 1. The van der Waals surface area contributed by atoms with Crippen molar-refractivity contribution < 1.29 is 14.4 Å². The van der Waals surface area contributed by atoms with Gasteiger partial charge in [0.05, 0.1) is 12.3 Å². The topological polar surface area (TPSA) is 75.4 Å². The van der Waals surface area contributed by atoms with Crippen LogP contribution in [-0.4, -0.2) is 16.2 Å². The Kier molecular flexibility index (Phi) is 5.33. The molecule has 0 unspecified atom stereocenters. The molecule has 0 fully saturated rings. The van der Waals surface area contributed by atoms with E-state index in [1.54, 1.807) is 12.1 Å². The second kappa shape index (κ2) is 7.22. The van der Waals surface area contributed by atoms with Gasteiger partial charge in [-0.1, -0.05) is 31.1 Å². The molecule has 118 valence electrons. The number of hydrogen-bond acceptors (Lipinski definition) is 4. The molecule has 0 atom stereocenters. The molecular weight excluding hydrogens is 280 g/mol. The van der Waals surface area contributed by atoms with E-state index in [0.29, 0.717) is 11.6 Å². The Hall–Kier alpha value is -2.14. The van der Waals surface area contributed by atoms with Crippen molar-refractivity contribution in [2.24, 2.45) is 0 Å². The van der Waals surface area contributed by atoms with E-state index >= 15 is 0 Å². The number of benzene rings is 1. The minimum absolute atomic E-state index is 0.0652. The summed E-state index contributed by atoms with van der Waals surface area (Å²) in [6, 6.07) is 7.14. The minimum atomic E-state index is -0.331. The van der Waals surface area contributed by atoms with Crippen molar-refractivity contribution in [1.82, 2.24) is 5.16 Å². The van der Waals surface area contributed by atoms with Crippen LogP contribution in [-0.2, 0) is 6.61 Å². The van der Waals surface area contributed by atoms with Gasteiger partial charge in [0.2, 0.25) is 5.76 Å². The number of aryl methyl sites for hydroxylation is 1. The molecule has 0 spiro atoms. The van der Waals surface area contributed by atoms with Crippen molar-refractivity contribution in [2.75, 3.05) is 5.32 Å². The number of anilines is 1. The zero-order valence-electron chi connectivity index (χ0n) is 13.2. The molecule has 0 saturated heterocycles. The largest absolute Gasteiger partial charge is 0.392 e. The number of amides is 1. The average molecular weight is 302 g/mol. The van der Waals surface area contributed by atoms with Crippen LogP contribution in [0.25, 0.3) is 0 Å². The van der Waals surface area contributed by atoms with Gasteiger partial charge >= 0.3 is 0 Å². The molecule has 1 aromatic carbocycles. The Morgan fingerprint density at radius 3 is 2.68 bits per heavy atom. The molecule has 0 bridgehead atoms. The Morgan fingerprint density at radius 2 is 2.05 bits per heavy atom. The first kappa shape index (κ1) is 16.2.